The lowest BCUT2D eigenvalue weighted by atomic mass is 10.4. The predicted molar refractivity (Wildman–Crippen MR) is 53.3 cm³/mol. The van der Waals surface area contributed by atoms with Crippen LogP contribution in [0.5, 0.6) is 0 Å². The first-order chi connectivity index (χ1) is 6.79. The maximum Gasteiger partial charge on any atom is 0.368 e. The molecule has 0 aromatic carbocycles. The van der Waals surface area contributed by atoms with Gasteiger partial charge in [-0.1, -0.05) is 0 Å². The Morgan fingerprint density at radius 2 is 1.80 bits per heavy atom. The fraction of sp³-hybridized carbons (Fsp3) is 1.00. The van der Waals surface area contributed by atoms with Gasteiger partial charge in [-0.3, -0.25) is 14.7 Å². The molecule has 0 saturated carbocycles. The average molecular weight is 241 g/mol. The third-order valence-corrected chi connectivity index (χ3v) is 4.13. The zero-order chi connectivity index (χ0) is 12.1. The largest absolute Gasteiger partial charge is 0.373 e. The van der Waals surface area contributed by atoms with E-state index in [4.69, 9.17) is 9.05 Å². The topological polar surface area (TPSA) is 98.9 Å². The fourth-order valence-electron chi connectivity index (χ4n) is 0.986. The number of hydrogen-bond acceptors (Lipinski definition) is 6. The number of hydrogen-bond donors (Lipinski definition) is 1. The zero-order valence-corrected chi connectivity index (χ0v) is 9.90. The molecule has 0 rings (SSSR count). The van der Waals surface area contributed by atoms with Gasteiger partial charge in [-0.25, -0.2) is 0 Å². The summed E-state index contributed by atoms with van der Waals surface area (Å²) in [5.74, 6) is 0. The lowest BCUT2D eigenvalue weighted by Crippen LogP contribution is -2.35. The second-order valence-corrected chi connectivity index (χ2v) is 5.52. The molecular weight excluding hydrogens is 225 g/mol. The van der Waals surface area contributed by atoms with E-state index in [1.54, 1.807) is 13.8 Å². The van der Waals surface area contributed by atoms with E-state index < -0.39 is 24.4 Å². The first kappa shape index (κ1) is 14.5. The molecule has 0 aromatic heterocycles. The molecule has 90 valence electrons. The third kappa shape index (κ3) is 3.87. The van der Waals surface area contributed by atoms with Gasteiger partial charge in [-0.2, -0.15) is 0 Å². The van der Waals surface area contributed by atoms with Crippen molar-refractivity contribution in [1.82, 2.24) is 0 Å². The van der Waals surface area contributed by atoms with Gasteiger partial charge in [0.25, 0.3) is 0 Å². The van der Waals surface area contributed by atoms with Crippen LogP contribution >= 0.6 is 7.60 Å². The summed E-state index contributed by atoms with van der Waals surface area (Å²) in [6.07, 6.45) is 0. The van der Waals surface area contributed by atoms with Crippen LogP contribution in [0.1, 0.15) is 20.8 Å². The highest BCUT2D eigenvalue weighted by atomic mass is 31.2. The lowest BCUT2D eigenvalue weighted by molar-refractivity contribution is -0.494. The summed E-state index contributed by atoms with van der Waals surface area (Å²) in [6, 6.07) is 0. The number of rotatable bonds is 7. The molecule has 0 aliphatic rings. The SMILES string of the molecule is CCOP(=O)(OCC)[C@](C)(O)C[N+](=O)[O-]. The average Bonchev–Trinajstić information content (AvgIpc) is 2.02. The summed E-state index contributed by atoms with van der Waals surface area (Å²) in [4.78, 5) is 9.52. The number of nitro groups is 1. The van der Waals surface area contributed by atoms with Crippen molar-refractivity contribution < 1.29 is 23.6 Å². The van der Waals surface area contributed by atoms with Gasteiger partial charge in [0.05, 0.1) is 13.2 Å². The van der Waals surface area contributed by atoms with Gasteiger partial charge in [0.1, 0.15) is 0 Å². The molecule has 0 bridgehead atoms. The minimum absolute atomic E-state index is 0.0468. The first-order valence-corrected chi connectivity index (χ1v) is 6.06. The Kier molecular flexibility index (Phi) is 5.37. The normalized spacial score (nSPS) is 16.0. The highest BCUT2D eigenvalue weighted by Crippen LogP contribution is 2.58. The van der Waals surface area contributed by atoms with Crippen molar-refractivity contribution in [3.05, 3.63) is 10.1 Å². The minimum Gasteiger partial charge on any atom is -0.373 e. The number of nitrogens with zero attached hydrogens (tertiary/aromatic N) is 1. The summed E-state index contributed by atoms with van der Waals surface area (Å²) in [5, 5.41) is 17.9. The van der Waals surface area contributed by atoms with Gasteiger partial charge < -0.3 is 14.2 Å². The maximum absolute atomic E-state index is 12.0. The van der Waals surface area contributed by atoms with E-state index in [-0.39, 0.29) is 13.2 Å². The van der Waals surface area contributed by atoms with E-state index in [9.17, 15) is 19.8 Å². The Labute approximate surface area is 88.1 Å². The molecule has 0 radical (unpaired) electrons. The lowest BCUT2D eigenvalue weighted by Gasteiger charge is -2.27. The molecule has 8 heteroatoms. The Morgan fingerprint density at radius 3 is 2.07 bits per heavy atom. The second-order valence-electron chi connectivity index (χ2n) is 3.04. The van der Waals surface area contributed by atoms with Crippen molar-refractivity contribution in [2.45, 2.75) is 26.1 Å². The summed E-state index contributed by atoms with van der Waals surface area (Å²) < 4.78 is 21.6. The van der Waals surface area contributed by atoms with Crippen LogP contribution in [-0.2, 0) is 13.6 Å². The summed E-state index contributed by atoms with van der Waals surface area (Å²) in [6.45, 7) is 3.41. The van der Waals surface area contributed by atoms with Crippen LogP contribution in [0.3, 0.4) is 0 Å². The van der Waals surface area contributed by atoms with Crippen LogP contribution in [0.25, 0.3) is 0 Å². The van der Waals surface area contributed by atoms with Crippen molar-refractivity contribution in [1.29, 1.82) is 0 Å². The van der Waals surface area contributed by atoms with Crippen molar-refractivity contribution >= 4 is 7.60 Å². The Morgan fingerprint density at radius 1 is 1.40 bits per heavy atom. The molecule has 0 amide bonds. The van der Waals surface area contributed by atoms with Crippen molar-refractivity contribution in [3.8, 4) is 0 Å². The van der Waals surface area contributed by atoms with E-state index in [0.717, 1.165) is 6.92 Å². The second kappa shape index (κ2) is 5.55. The minimum atomic E-state index is -3.86. The molecule has 0 spiro atoms. The molecule has 7 nitrogen and oxygen atoms in total. The van der Waals surface area contributed by atoms with Crippen LogP contribution in [0.2, 0.25) is 0 Å². The van der Waals surface area contributed by atoms with E-state index >= 15 is 0 Å². The molecule has 0 unspecified atom stereocenters. The van der Waals surface area contributed by atoms with E-state index in [1.165, 1.54) is 0 Å². The van der Waals surface area contributed by atoms with Crippen LogP contribution in [0, 0.1) is 10.1 Å². The highest BCUT2D eigenvalue weighted by Gasteiger charge is 2.50. The van der Waals surface area contributed by atoms with E-state index in [0.29, 0.717) is 0 Å². The fourth-order valence-corrected chi connectivity index (χ4v) is 2.59. The standard InChI is InChI=1S/C7H16NO6P/c1-4-13-15(12,14-5-2)7(3,9)6-8(10)11/h9H,4-6H2,1-3H3/t7-/m0/s1. The summed E-state index contributed by atoms with van der Waals surface area (Å²) in [7, 11) is -3.86. The molecular formula is C7H16NO6P. The van der Waals surface area contributed by atoms with Crippen LogP contribution < -0.4 is 0 Å². The quantitative estimate of drug-likeness (QED) is 0.409. The summed E-state index contributed by atoms with van der Waals surface area (Å²) in [5.41, 5.74) is 0. The van der Waals surface area contributed by atoms with E-state index in [2.05, 4.69) is 0 Å². The van der Waals surface area contributed by atoms with Crippen LogP contribution in [0.15, 0.2) is 0 Å². The van der Waals surface area contributed by atoms with E-state index in [1.807, 2.05) is 0 Å². The van der Waals surface area contributed by atoms with Crippen LogP contribution in [-0.4, -0.2) is 35.1 Å². The molecule has 0 heterocycles. The molecule has 1 atom stereocenters. The smallest absolute Gasteiger partial charge is 0.368 e. The van der Waals surface area contributed by atoms with Crippen molar-refractivity contribution in [3.63, 3.8) is 0 Å². The van der Waals surface area contributed by atoms with Gasteiger partial charge in [0, 0.05) is 4.92 Å². The molecule has 0 saturated heterocycles. The van der Waals surface area contributed by atoms with Gasteiger partial charge in [-0.15, -0.1) is 0 Å². The van der Waals surface area contributed by atoms with Gasteiger partial charge in [-0.05, 0) is 20.8 Å². The number of aliphatic hydroxyl groups is 1. The molecule has 1 N–H and O–H groups in total. The molecule has 0 aliphatic heterocycles. The molecule has 0 fully saturated rings. The van der Waals surface area contributed by atoms with Crippen molar-refractivity contribution in [2.24, 2.45) is 0 Å². The molecule has 0 aromatic rings. The molecule has 0 aliphatic carbocycles. The third-order valence-electron chi connectivity index (χ3n) is 1.62. The van der Waals surface area contributed by atoms with Crippen LogP contribution in [0.4, 0.5) is 0 Å². The first-order valence-electron chi connectivity index (χ1n) is 4.52. The van der Waals surface area contributed by atoms with Gasteiger partial charge >= 0.3 is 7.60 Å². The van der Waals surface area contributed by atoms with Crippen molar-refractivity contribution in [2.75, 3.05) is 19.8 Å². The molecule has 15 heavy (non-hydrogen) atoms. The highest BCUT2D eigenvalue weighted by molar-refractivity contribution is 7.55. The summed E-state index contributed by atoms with van der Waals surface area (Å²) >= 11 is 0. The zero-order valence-electron chi connectivity index (χ0n) is 9.00. The Hall–Kier alpha value is -0.490. The maximum atomic E-state index is 12.0. The predicted octanol–water partition coefficient (Wildman–Crippen LogP) is 1.24. The monoisotopic (exact) mass is 241 g/mol. The van der Waals surface area contributed by atoms with Gasteiger partial charge in [0.2, 0.25) is 11.9 Å². The Bertz CT molecular complexity index is 256. The van der Waals surface area contributed by atoms with Gasteiger partial charge in [0.15, 0.2) is 0 Å². The Balaban J connectivity index is 4.87.